The van der Waals surface area contributed by atoms with Crippen LogP contribution in [-0.2, 0) is 46.0 Å². The Morgan fingerprint density at radius 3 is 1.24 bits per heavy atom. The molecular weight excluding hydrogens is 1380 g/mol. The van der Waals surface area contributed by atoms with Crippen molar-refractivity contribution < 1.29 is 52.6 Å². The van der Waals surface area contributed by atoms with Crippen molar-refractivity contribution >= 4 is 74.3 Å². The fourth-order valence-electron chi connectivity index (χ4n) is 13.8. The molecule has 25 heteroatoms. The number of anilines is 1. The van der Waals surface area contributed by atoms with Gasteiger partial charge in [0.15, 0.2) is 23.1 Å². The van der Waals surface area contributed by atoms with Crippen LogP contribution in [0.2, 0.25) is 15.1 Å². The van der Waals surface area contributed by atoms with Gasteiger partial charge >= 0.3 is 11.9 Å². The van der Waals surface area contributed by atoms with Gasteiger partial charge in [0.1, 0.15) is 5.82 Å². The van der Waals surface area contributed by atoms with Crippen LogP contribution >= 0.6 is 50.7 Å². The van der Waals surface area contributed by atoms with Crippen LogP contribution in [0.25, 0.3) is 33.8 Å². The Morgan fingerprint density at radius 1 is 0.520 bits per heavy atom. The van der Waals surface area contributed by atoms with Crippen LogP contribution in [0.3, 0.4) is 0 Å². The monoisotopic (exact) mass is 1450 g/mol. The van der Waals surface area contributed by atoms with Gasteiger partial charge in [0.2, 0.25) is 0 Å². The number of benzene rings is 3. The number of carboxylic acids is 1. The molecule has 3 aliphatic carbocycles. The highest BCUT2D eigenvalue weighted by atomic mass is 79.9. The minimum atomic E-state index is -0.967. The average molecular weight is 1460 g/mol. The number of hydrogen-bond donors (Lipinski definition) is 2. The zero-order chi connectivity index (χ0) is 68.4. The van der Waals surface area contributed by atoms with Gasteiger partial charge in [-0.25, -0.2) is 9.59 Å². The molecule has 3 aliphatic heterocycles. The number of ether oxygens (including phenoxy) is 7. The van der Waals surface area contributed by atoms with Gasteiger partial charge in [-0.3, -0.25) is 33.8 Å². The number of nitrogens with zero attached hydrogens (tertiary/aromatic N) is 9. The maximum Gasteiger partial charge on any atom is 0.339 e. The van der Waals surface area contributed by atoms with Gasteiger partial charge in [-0.05, 0) is 139 Å². The number of pyridine rings is 3. The molecule has 3 spiro atoms. The lowest BCUT2D eigenvalue weighted by molar-refractivity contribution is -0.182. The molecule has 3 N–H and O–H groups in total. The van der Waals surface area contributed by atoms with Gasteiger partial charge < -0.3 is 44.0 Å². The molecule has 6 aromatic heterocycles. The molecule has 0 atom stereocenters. The first-order chi connectivity index (χ1) is 47.5. The number of methoxy groups -OCH3 is 1. The summed E-state index contributed by atoms with van der Waals surface area (Å²) >= 11 is 21.9. The van der Waals surface area contributed by atoms with Crippen molar-refractivity contribution in [3.63, 3.8) is 0 Å². The third kappa shape index (κ3) is 16.8. The molecule has 0 unspecified atom stereocenters. The predicted molar refractivity (Wildman–Crippen MR) is 373 cm³/mol. The molecule has 6 fully saturated rings. The molecule has 3 aromatic carbocycles. The lowest BCUT2D eigenvalue weighted by atomic mass is 9.90. The highest BCUT2D eigenvalue weighted by Gasteiger charge is 2.44. The lowest BCUT2D eigenvalue weighted by Gasteiger charge is -2.35. The van der Waals surface area contributed by atoms with Crippen LogP contribution in [0.4, 0.5) is 5.82 Å². The first kappa shape index (κ1) is 70.1. The highest BCUT2D eigenvalue weighted by molar-refractivity contribution is 9.10. The van der Waals surface area contributed by atoms with Crippen LogP contribution in [0.1, 0.15) is 156 Å². The second-order valence-corrected chi connectivity index (χ2v) is 27.2. The fourth-order valence-corrected chi connectivity index (χ4v) is 14.8. The summed E-state index contributed by atoms with van der Waals surface area (Å²) < 4.78 is 46.6. The molecule has 98 heavy (non-hydrogen) atoms. The minimum absolute atomic E-state index is 0.0334. The molecule has 3 saturated carbocycles. The van der Waals surface area contributed by atoms with E-state index < -0.39 is 17.5 Å². The van der Waals surface area contributed by atoms with Crippen molar-refractivity contribution in [1.82, 2.24) is 44.3 Å². The molecule has 9 heterocycles. The first-order valence-electron chi connectivity index (χ1n) is 32.9. The van der Waals surface area contributed by atoms with Crippen LogP contribution in [0.5, 0.6) is 0 Å². The second-order valence-electron chi connectivity index (χ2n) is 25.0. The first-order valence-corrected chi connectivity index (χ1v) is 34.8. The maximum absolute atomic E-state index is 12.1. The molecule has 9 aromatic rings. The summed E-state index contributed by atoms with van der Waals surface area (Å²) in [7, 11) is 1.34. The number of aromatic carboxylic acids is 1. The molecule has 15 rings (SSSR count). The van der Waals surface area contributed by atoms with Gasteiger partial charge in [0.25, 0.3) is 0 Å². The third-order valence-corrected chi connectivity index (χ3v) is 20.0. The minimum Gasteiger partial charge on any atom is -0.478 e. The van der Waals surface area contributed by atoms with Crippen LogP contribution in [0.15, 0.2) is 151 Å². The number of hydrogen-bond acceptors (Lipinski definition) is 17. The van der Waals surface area contributed by atoms with Crippen molar-refractivity contribution in [3.05, 3.63) is 205 Å². The molecule has 6 aliphatic rings. The SMILES string of the molecule is CC(=O)c1ccncc1Cc1cc(-c2cccc(Cl)c2)n(C2CCC3(CC2)OCCO3)n1.COC(=O)c1ccncc1Br.Nc1cc(-c2cccc(Cl)c2)n(C2CCC3(CC2)OCCO3)n1.O=C(O)c1ccncc1Cc1cc(-c2cccc(Cl)c2)n(C2CCC3(CC2)OCCO3)n1. The van der Waals surface area contributed by atoms with E-state index in [0.717, 1.165) is 128 Å². The number of rotatable bonds is 13. The summed E-state index contributed by atoms with van der Waals surface area (Å²) in [5.41, 5.74) is 16.7. The molecule has 0 amide bonds. The topological polar surface area (TPSA) is 254 Å². The van der Waals surface area contributed by atoms with E-state index in [1.165, 1.54) is 25.6 Å². The van der Waals surface area contributed by atoms with Gasteiger partial charge in [-0.2, -0.15) is 15.3 Å². The van der Waals surface area contributed by atoms with Gasteiger partial charge in [0.05, 0.1) is 109 Å². The number of nitrogen functional groups attached to an aromatic ring is 1. The van der Waals surface area contributed by atoms with Gasteiger partial charge in [0, 0.05) is 132 Å². The number of nitrogens with two attached hydrogens (primary N) is 1. The molecule has 512 valence electrons. The van der Waals surface area contributed by atoms with E-state index in [2.05, 4.69) is 62.2 Å². The van der Waals surface area contributed by atoms with E-state index in [9.17, 15) is 19.5 Å². The number of ketones is 1. The van der Waals surface area contributed by atoms with Crippen molar-refractivity contribution in [3.8, 4) is 33.8 Å². The normalized spacial score (nSPS) is 19.0. The van der Waals surface area contributed by atoms with Gasteiger partial charge in [-0.1, -0.05) is 71.2 Å². The summed E-state index contributed by atoms with van der Waals surface area (Å²) in [5.74, 6) is -1.96. The number of Topliss-reactive ketones (excluding diaryl/α,β-unsaturated/α-hetero) is 1. The molecule has 0 bridgehead atoms. The zero-order valence-electron chi connectivity index (χ0n) is 54.4. The number of carboxylic acid groups (broad SMARTS) is 1. The quantitative estimate of drug-likeness (QED) is 0.0803. The van der Waals surface area contributed by atoms with Gasteiger partial charge in [-0.15, -0.1) is 0 Å². The largest absolute Gasteiger partial charge is 0.478 e. The Hall–Kier alpha value is -7.74. The van der Waals surface area contributed by atoms with E-state index in [-0.39, 0.29) is 35.2 Å². The van der Waals surface area contributed by atoms with Crippen LogP contribution in [0, 0.1) is 0 Å². The number of carbonyl (C=O) groups is 3. The Kier molecular flexibility index (Phi) is 22.6. The van der Waals surface area contributed by atoms with Crippen molar-refractivity contribution in [2.24, 2.45) is 0 Å². The Balaban J connectivity index is 0.000000131. The Morgan fingerprint density at radius 2 is 0.878 bits per heavy atom. The number of esters is 1. The predicted octanol–water partition coefficient (Wildman–Crippen LogP) is 15.3. The summed E-state index contributed by atoms with van der Waals surface area (Å²) in [5, 5.41) is 26.0. The van der Waals surface area contributed by atoms with Crippen molar-refractivity contribution in [2.45, 2.75) is 132 Å². The molecule has 3 saturated heterocycles. The summed E-state index contributed by atoms with van der Waals surface area (Å²) in [4.78, 5) is 46.8. The highest BCUT2D eigenvalue weighted by Crippen LogP contribution is 2.45. The second kappa shape index (κ2) is 31.6. The summed E-state index contributed by atoms with van der Waals surface area (Å²) in [6.07, 6.45) is 21.3. The van der Waals surface area contributed by atoms with Crippen molar-refractivity contribution in [1.29, 1.82) is 0 Å². The fraction of sp³-hybridized carbons (Fsp3) is 0.384. The molecular formula is C73H76BrCl3N10O11. The standard InChI is InChI=1S/C25H26ClN3O3.C24H24ClN3O4.C17H20ClN3O2.C7H6BrNO2/c1-17(30)23-7-10-27-16-19(23)14-21-15-24(18-3-2-4-20(26)13-18)29(28-21)22-5-8-25(9-6-22)31-11-12-32-25;25-18-3-1-2-16(12-18)22-14-19(13-17-15-26-9-6-21(17)23(29)30)27-28(22)20-4-7-24(8-5-20)31-10-11-32-24;18-13-3-1-2-12(10-13)15-11-16(19)20-21(15)14-4-6-17(7-5-14)22-8-9-23-17;1-11-7(10)5-2-3-9-4-6(5)8/h2-4,7,10,13,15-16,22H,5-6,8-9,11-12,14H2,1H3;1-3,6,9,12,14-15,20H,4-5,7-8,10-11,13H2,(H,29,30);1-3,10-11,14H,4-9H2,(H2,19,20);2-4H,1H3. The Bertz CT molecular complexity index is 4070. The van der Waals surface area contributed by atoms with Crippen molar-refractivity contribution in [2.75, 3.05) is 52.5 Å². The lowest BCUT2D eigenvalue weighted by Crippen LogP contribution is -2.36. The third-order valence-electron chi connectivity index (χ3n) is 18.7. The average Bonchev–Trinajstić information content (AvgIpc) is 1.61. The summed E-state index contributed by atoms with van der Waals surface area (Å²) in [6, 6.07) is 35.1. The number of carbonyl (C=O) groups excluding carboxylic acids is 2. The van der Waals surface area contributed by atoms with E-state index in [4.69, 9.17) is 79.2 Å². The molecule has 21 nitrogen and oxygen atoms in total. The van der Waals surface area contributed by atoms with E-state index >= 15 is 0 Å². The van der Waals surface area contributed by atoms with E-state index in [1.54, 1.807) is 43.8 Å². The maximum atomic E-state index is 12.1. The Labute approximate surface area is 591 Å². The smallest absolute Gasteiger partial charge is 0.339 e. The van der Waals surface area contributed by atoms with E-state index in [1.807, 2.05) is 83.5 Å². The van der Waals surface area contributed by atoms with Crippen LogP contribution in [-0.4, -0.2) is 131 Å². The summed E-state index contributed by atoms with van der Waals surface area (Å²) in [6.45, 7) is 5.64. The number of halogens is 4. The number of aromatic nitrogens is 9. The zero-order valence-corrected chi connectivity index (χ0v) is 58.2. The van der Waals surface area contributed by atoms with Crippen LogP contribution < -0.4 is 5.73 Å². The van der Waals surface area contributed by atoms with E-state index in [0.29, 0.717) is 101 Å². The molecule has 0 radical (unpaired) electrons.